The van der Waals surface area contributed by atoms with Gasteiger partial charge in [0.2, 0.25) is 5.91 Å². The first-order valence-electron chi connectivity index (χ1n) is 13.1. The minimum absolute atomic E-state index is 0.0334. The molecule has 42 heavy (non-hydrogen) atoms. The number of carbonyl (C=O) groups excluding carboxylic acids is 2. The molecule has 0 saturated carbocycles. The second-order valence-electron chi connectivity index (χ2n) is 10.1. The van der Waals surface area contributed by atoms with E-state index in [1.165, 1.54) is 35.5 Å². The van der Waals surface area contributed by atoms with Crippen molar-refractivity contribution in [1.29, 1.82) is 0 Å². The molecule has 1 N–H and O–H groups in total. The maximum Gasteiger partial charge on any atom is 0.419 e. The summed E-state index contributed by atoms with van der Waals surface area (Å²) in [5.41, 5.74) is -1.05. The van der Waals surface area contributed by atoms with E-state index >= 15 is 0 Å². The number of halogens is 5. The lowest BCUT2D eigenvalue weighted by Crippen LogP contribution is -2.57. The zero-order chi connectivity index (χ0) is 29.6. The summed E-state index contributed by atoms with van der Waals surface area (Å²) >= 11 is 0. The van der Waals surface area contributed by atoms with Gasteiger partial charge < -0.3 is 15.1 Å². The summed E-state index contributed by atoms with van der Waals surface area (Å²) in [5.74, 6) is -2.48. The first-order valence-corrected chi connectivity index (χ1v) is 13.1. The van der Waals surface area contributed by atoms with Gasteiger partial charge in [-0.15, -0.1) is 0 Å². The highest BCUT2D eigenvalue weighted by Gasteiger charge is 2.51. The molecule has 2 fully saturated rings. The molecular weight excluding hydrogens is 559 g/mol. The van der Waals surface area contributed by atoms with Crippen LogP contribution in [-0.2, 0) is 11.0 Å². The molecule has 4 aromatic rings. The van der Waals surface area contributed by atoms with E-state index in [0.29, 0.717) is 36.2 Å². The molecule has 13 heteroatoms. The van der Waals surface area contributed by atoms with Gasteiger partial charge in [0.05, 0.1) is 23.6 Å². The summed E-state index contributed by atoms with van der Waals surface area (Å²) in [7, 11) is 0. The van der Waals surface area contributed by atoms with Crippen LogP contribution in [0.4, 0.5) is 27.6 Å². The third-order valence-electron chi connectivity index (χ3n) is 7.74. The molecular formula is C29H23F5N6O2. The molecule has 8 nitrogen and oxygen atoms in total. The van der Waals surface area contributed by atoms with Crippen LogP contribution in [0.3, 0.4) is 0 Å². The van der Waals surface area contributed by atoms with Gasteiger partial charge in [-0.1, -0.05) is 0 Å². The number of nitrogens with one attached hydrogen (secondary N) is 1. The standard InChI is InChI=1S/C29H23F5N6O2/c30-19-3-5-20(6-4-19)39-17-36-27(42)28(39)9-12-38(13-10-28)26(41)24-15-25(18-2-1-11-35-16-18)40(37-24)21-7-8-23(31)22(14-21)29(32,33)34/h1-8,11,14-16H,9-10,12-13,17H2,(H,36,42). The van der Waals surface area contributed by atoms with Crippen LogP contribution < -0.4 is 10.2 Å². The zero-order valence-corrected chi connectivity index (χ0v) is 21.9. The van der Waals surface area contributed by atoms with Gasteiger partial charge >= 0.3 is 6.18 Å². The lowest BCUT2D eigenvalue weighted by molar-refractivity contribution is -0.140. The van der Waals surface area contributed by atoms with Crippen LogP contribution in [0.2, 0.25) is 0 Å². The maximum absolute atomic E-state index is 14.0. The Labute approximate surface area is 236 Å². The number of hydrogen-bond donors (Lipinski definition) is 1. The van der Waals surface area contributed by atoms with Crippen molar-refractivity contribution in [3.8, 4) is 16.9 Å². The molecule has 2 aromatic heterocycles. The molecule has 0 bridgehead atoms. The van der Waals surface area contributed by atoms with Gasteiger partial charge in [0.1, 0.15) is 17.2 Å². The smallest absolute Gasteiger partial charge is 0.339 e. The fraction of sp³-hybridized carbons (Fsp3) is 0.241. The first kappa shape index (κ1) is 27.4. The highest BCUT2D eigenvalue weighted by Crippen LogP contribution is 2.37. The van der Waals surface area contributed by atoms with Crippen LogP contribution in [0.15, 0.2) is 73.1 Å². The maximum atomic E-state index is 14.0. The Morgan fingerprint density at radius 2 is 1.67 bits per heavy atom. The van der Waals surface area contributed by atoms with E-state index < -0.39 is 34.8 Å². The number of pyridine rings is 1. The molecule has 216 valence electrons. The Morgan fingerprint density at radius 3 is 2.33 bits per heavy atom. The van der Waals surface area contributed by atoms with Gasteiger partial charge in [-0.2, -0.15) is 18.3 Å². The van der Waals surface area contributed by atoms with Crippen LogP contribution in [0, 0.1) is 11.6 Å². The molecule has 2 saturated heterocycles. The fourth-order valence-corrected chi connectivity index (χ4v) is 5.55. The number of alkyl halides is 3. The fourth-order valence-electron chi connectivity index (χ4n) is 5.55. The second-order valence-corrected chi connectivity index (χ2v) is 10.1. The molecule has 1 spiro atoms. The second kappa shape index (κ2) is 10.2. The van der Waals surface area contributed by atoms with Gasteiger partial charge in [0.25, 0.3) is 5.91 Å². The van der Waals surface area contributed by atoms with Gasteiger partial charge in [-0.25, -0.2) is 13.5 Å². The lowest BCUT2D eigenvalue weighted by Gasteiger charge is -2.43. The number of hydrogen-bond acceptors (Lipinski definition) is 5. The van der Waals surface area contributed by atoms with E-state index in [2.05, 4.69) is 15.4 Å². The highest BCUT2D eigenvalue weighted by molar-refractivity contribution is 5.96. The predicted molar refractivity (Wildman–Crippen MR) is 142 cm³/mol. The molecule has 6 rings (SSSR count). The molecule has 2 aromatic carbocycles. The van der Waals surface area contributed by atoms with Crippen LogP contribution in [0.1, 0.15) is 28.9 Å². The largest absolute Gasteiger partial charge is 0.419 e. The summed E-state index contributed by atoms with van der Waals surface area (Å²) in [6, 6.07) is 13.1. The minimum atomic E-state index is -4.93. The van der Waals surface area contributed by atoms with Crippen molar-refractivity contribution in [3.63, 3.8) is 0 Å². The molecule has 0 aliphatic carbocycles. The number of anilines is 1. The summed E-state index contributed by atoms with van der Waals surface area (Å²) in [6.45, 7) is 0.649. The topological polar surface area (TPSA) is 83.4 Å². The number of benzene rings is 2. The minimum Gasteiger partial charge on any atom is -0.339 e. The van der Waals surface area contributed by atoms with E-state index in [4.69, 9.17) is 0 Å². The molecule has 0 atom stereocenters. The first-order chi connectivity index (χ1) is 20.1. The monoisotopic (exact) mass is 582 g/mol. The van der Waals surface area contributed by atoms with Crippen molar-refractivity contribution in [3.05, 3.63) is 95.9 Å². The van der Waals surface area contributed by atoms with Crippen LogP contribution >= 0.6 is 0 Å². The third-order valence-corrected chi connectivity index (χ3v) is 7.74. The lowest BCUT2D eigenvalue weighted by atomic mass is 9.85. The molecule has 0 unspecified atom stereocenters. The normalized spacial score (nSPS) is 16.6. The summed E-state index contributed by atoms with van der Waals surface area (Å²) in [4.78, 5) is 34.1. The number of amides is 2. The van der Waals surface area contributed by atoms with Crippen molar-refractivity contribution < 1.29 is 31.5 Å². The van der Waals surface area contributed by atoms with E-state index in [9.17, 15) is 31.5 Å². The molecule has 4 heterocycles. The Morgan fingerprint density at radius 1 is 0.952 bits per heavy atom. The van der Waals surface area contributed by atoms with E-state index in [0.717, 1.165) is 10.7 Å². The number of nitrogens with zero attached hydrogens (tertiary/aromatic N) is 5. The summed E-state index contributed by atoms with van der Waals surface area (Å²) in [5, 5.41) is 7.19. The summed E-state index contributed by atoms with van der Waals surface area (Å²) < 4.78 is 69.1. The Hall–Kier alpha value is -4.81. The van der Waals surface area contributed by atoms with Crippen molar-refractivity contribution in [2.75, 3.05) is 24.7 Å². The predicted octanol–water partition coefficient (Wildman–Crippen LogP) is 4.80. The van der Waals surface area contributed by atoms with Gasteiger partial charge in [0.15, 0.2) is 5.69 Å². The van der Waals surface area contributed by atoms with Crippen molar-refractivity contribution in [1.82, 2.24) is 25.0 Å². The van der Waals surface area contributed by atoms with Crippen molar-refractivity contribution in [2.24, 2.45) is 0 Å². The molecule has 0 radical (unpaired) electrons. The molecule has 2 aliphatic rings. The van der Waals surface area contributed by atoms with Gasteiger partial charge in [-0.3, -0.25) is 14.6 Å². The van der Waals surface area contributed by atoms with E-state index in [1.807, 2.05) is 4.90 Å². The Bertz CT molecular complexity index is 1650. The zero-order valence-electron chi connectivity index (χ0n) is 21.9. The van der Waals surface area contributed by atoms with Crippen LogP contribution in [0.5, 0.6) is 0 Å². The number of aromatic nitrogens is 3. The Kier molecular flexibility index (Phi) is 6.66. The average molecular weight is 583 g/mol. The molecule has 2 aliphatic heterocycles. The quantitative estimate of drug-likeness (QED) is 0.350. The third kappa shape index (κ3) is 4.74. The van der Waals surface area contributed by atoms with Gasteiger partial charge in [0, 0.05) is 36.7 Å². The van der Waals surface area contributed by atoms with Crippen LogP contribution in [0.25, 0.3) is 16.9 Å². The van der Waals surface area contributed by atoms with Gasteiger partial charge in [-0.05, 0) is 73.5 Å². The number of rotatable bonds is 4. The van der Waals surface area contributed by atoms with E-state index in [1.54, 1.807) is 24.3 Å². The molecule has 2 amide bonds. The summed E-state index contributed by atoms with van der Waals surface area (Å²) in [6.07, 6.45) is -1.34. The van der Waals surface area contributed by atoms with E-state index in [-0.39, 0.29) is 42.7 Å². The average Bonchev–Trinajstić information content (AvgIpc) is 3.56. The number of carbonyl (C=O) groups is 2. The Balaban J connectivity index is 1.30. The van der Waals surface area contributed by atoms with Crippen molar-refractivity contribution >= 4 is 17.5 Å². The number of piperidine rings is 1. The van der Waals surface area contributed by atoms with Crippen LogP contribution in [-0.4, -0.2) is 56.8 Å². The SMILES string of the molecule is O=C(c1cc(-c2cccnc2)n(-c2ccc(F)c(C(F)(F)F)c2)n1)N1CCC2(CC1)C(=O)NCN2c1ccc(F)cc1. The number of likely N-dealkylation sites (tertiary alicyclic amines) is 1. The highest BCUT2D eigenvalue weighted by atomic mass is 19.4. The van der Waals surface area contributed by atoms with Crippen molar-refractivity contribution in [2.45, 2.75) is 24.6 Å².